The monoisotopic (exact) mass is 311 g/mol. The van der Waals surface area contributed by atoms with Gasteiger partial charge in [0.05, 0.1) is 22.3 Å². The number of nitrogens with zero attached hydrogens (tertiary/aromatic N) is 2. The molecule has 0 radical (unpaired) electrons. The number of carbonyl (C=O) groups excluding carboxylic acids is 1. The van der Waals surface area contributed by atoms with Gasteiger partial charge < -0.3 is 5.32 Å². The Kier molecular flexibility index (Phi) is 3.40. The fourth-order valence-corrected chi connectivity index (χ4v) is 2.51. The van der Waals surface area contributed by atoms with Crippen LogP contribution in [0.1, 0.15) is 12.8 Å². The Morgan fingerprint density at radius 3 is 2.85 bits per heavy atom. The predicted octanol–water partition coefficient (Wildman–Crippen LogP) is 1.98. The van der Waals surface area contributed by atoms with Crippen molar-refractivity contribution < 1.29 is 4.79 Å². The van der Waals surface area contributed by atoms with Crippen molar-refractivity contribution in [1.29, 1.82) is 0 Å². The summed E-state index contributed by atoms with van der Waals surface area (Å²) in [5.41, 5.74) is 0.0604. The van der Waals surface area contributed by atoms with E-state index in [4.69, 9.17) is 23.2 Å². The number of fused-ring (bicyclic) bond motifs is 1. The Morgan fingerprint density at radius 1 is 1.40 bits per heavy atom. The molecule has 1 aliphatic rings. The standard InChI is InChI=1S/C13H11Cl2N3O2/c14-7-3-9-12(10(15)4-7)16-6-18(13(9)20)5-11(19)17-8-1-2-8/h3-4,6,8H,1-2,5H2,(H,17,19). The minimum absolute atomic E-state index is 0.0532. The molecular formula is C13H11Cl2N3O2. The molecule has 7 heteroatoms. The van der Waals surface area contributed by atoms with E-state index < -0.39 is 0 Å². The highest BCUT2D eigenvalue weighted by Gasteiger charge is 2.23. The first kappa shape index (κ1) is 13.4. The Morgan fingerprint density at radius 2 is 2.15 bits per heavy atom. The predicted molar refractivity (Wildman–Crippen MR) is 77.2 cm³/mol. The van der Waals surface area contributed by atoms with Crippen LogP contribution in [-0.4, -0.2) is 21.5 Å². The quantitative estimate of drug-likeness (QED) is 0.942. The smallest absolute Gasteiger partial charge is 0.261 e. The van der Waals surface area contributed by atoms with Gasteiger partial charge in [0.2, 0.25) is 5.91 Å². The third-order valence-electron chi connectivity index (χ3n) is 3.10. The van der Waals surface area contributed by atoms with Crippen molar-refractivity contribution in [1.82, 2.24) is 14.9 Å². The minimum Gasteiger partial charge on any atom is -0.352 e. The fourth-order valence-electron chi connectivity index (χ4n) is 1.96. The van der Waals surface area contributed by atoms with Gasteiger partial charge in [-0.25, -0.2) is 4.98 Å². The van der Waals surface area contributed by atoms with Gasteiger partial charge in [0, 0.05) is 11.1 Å². The summed E-state index contributed by atoms with van der Waals surface area (Å²) < 4.78 is 1.26. The second-order valence-corrected chi connectivity index (χ2v) is 5.65. The van der Waals surface area contributed by atoms with E-state index in [2.05, 4.69) is 10.3 Å². The van der Waals surface area contributed by atoms with E-state index in [9.17, 15) is 9.59 Å². The Labute approximate surface area is 124 Å². The first-order chi connectivity index (χ1) is 9.54. The third-order valence-corrected chi connectivity index (χ3v) is 3.61. The lowest BCUT2D eigenvalue weighted by Gasteiger charge is -2.08. The number of amides is 1. The summed E-state index contributed by atoms with van der Waals surface area (Å²) >= 11 is 11.9. The highest BCUT2D eigenvalue weighted by Crippen LogP contribution is 2.24. The van der Waals surface area contributed by atoms with Gasteiger partial charge in [-0.3, -0.25) is 14.2 Å². The molecule has 20 heavy (non-hydrogen) atoms. The largest absolute Gasteiger partial charge is 0.352 e. The number of hydrogen-bond donors (Lipinski definition) is 1. The molecule has 1 amide bonds. The van der Waals surface area contributed by atoms with Crippen molar-refractivity contribution >= 4 is 40.0 Å². The molecule has 1 saturated carbocycles. The van der Waals surface area contributed by atoms with Gasteiger partial charge >= 0.3 is 0 Å². The minimum atomic E-state index is -0.328. The van der Waals surface area contributed by atoms with Crippen LogP contribution < -0.4 is 10.9 Å². The molecule has 104 valence electrons. The van der Waals surface area contributed by atoms with E-state index in [-0.39, 0.29) is 24.1 Å². The van der Waals surface area contributed by atoms with Gasteiger partial charge in [-0.1, -0.05) is 23.2 Å². The molecule has 3 rings (SSSR count). The average molecular weight is 312 g/mol. The van der Waals surface area contributed by atoms with E-state index in [0.29, 0.717) is 20.9 Å². The van der Waals surface area contributed by atoms with Crippen molar-refractivity contribution in [3.8, 4) is 0 Å². The van der Waals surface area contributed by atoms with Crippen molar-refractivity contribution in [2.24, 2.45) is 0 Å². The van der Waals surface area contributed by atoms with E-state index in [0.717, 1.165) is 12.8 Å². The van der Waals surface area contributed by atoms with Crippen LogP contribution in [0, 0.1) is 0 Å². The van der Waals surface area contributed by atoms with E-state index in [1.54, 1.807) is 0 Å². The number of rotatable bonds is 3. The molecule has 0 spiro atoms. The van der Waals surface area contributed by atoms with E-state index in [1.165, 1.54) is 23.0 Å². The van der Waals surface area contributed by atoms with Crippen LogP contribution >= 0.6 is 23.2 Å². The maximum Gasteiger partial charge on any atom is 0.261 e. The lowest BCUT2D eigenvalue weighted by atomic mass is 10.2. The fraction of sp³-hybridized carbons (Fsp3) is 0.308. The Hall–Kier alpha value is -1.59. The molecule has 0 aliphatic heterocycles. The molecule has 0 saturated heterocycles. The molecular weight excluding hydrogens is 301 g/mol. The second-order valence-electron chi connectivity index (χ2n) is 4.80. The summed E-state index contributed by atoms with van der Waals surface area (Å²) in [4.78, 5) is 28.2. The van der Waals surface area contributed by atoms with Crippen molar-refractivity contribution in [3.05, 3.63) is 38.9 Å². The average Bonchev–Trinajstić information content (AvgIpc) is 3.17. The molecule has 1 heterocycles. The zero-order chi connectivity index (χ0) is 14.3. The summed E-state index contributed by atoms with van der Waals surface area (Å²) in [7, 11) is 0. The zero-order valence-corrected chi connectivity index (χ0v) is 11.9. The molecule has 0 bridgehead atoms. The molecule has 1 fully saturated rings. The maximum absolute atomic E-state index is 12.3. The highest BCUT2D eigenvalue weighted by atomic mass is 35.5. The second kappa shape index (κ2) is 5.07. The van der Waals surface area contributed by atoms with Gasteiger partial charge in [0.15, 0.2) is 0 Å². The summed E-state index contributed by atoms with van der Waals surface area (Å²) in [6.45, 7) is -0.0532. The molecule has 5 nitrogen and oxygen atoms in total. The van der Waals surface area contributed by atoms with Gasteiger partial charge in [-0.2, -0.15) is 0 Å². The number of benzene rings is 1. The molecule has 0 unspecified atom stereocenters. The summed E-state index contributed by atoms with van der Waals surface area (Å²) in [6, 6.07) is 3.30. The van der Waals surface area contributed by atoms with Crippen molar-refractivity contribution in [2.75, 3.05) is 0 Å². The van der Waals surface area contributed by atoms with Crippen LogP contribution in [0.4, 0.5) is 0 Å². The van der Waals surface area contributed by atoms with Crippen LogP contribution in [0.2, 0.25) is 10.0 Å². The summed E-state index contributed by atoms with van der Waals surface area (Å²) in [6.07, 6.45) is 3.33. The number of halogens is 2. The highest BCUT2D eigenvalue weighted by molar-refractivity contribution is 6.38. The van der Waals surface area contributed by atoms with Crippen molar-refractivity contribution in [2.45, 2.75) is 25.4 Å². The zero-order valence-electron chi connectivity index (χ0n) is 10.4. The van der Waals surface area contributed by atoms with Crippen LogP contribution in [-0.2, 0) is 11.3 Å². The van der Waals surface area contributed by atoms with E-state index >= 15 is 0 Å². The first-order valence-electron chi connectivity index (χ1n) is 6.18. The molecule has 1 aliphatic carbocycles. The Balaban J connectivity index is 1.97. The summed E-state index contributed by atoms with van der Waals surface area (Å²) in [5, 5.41) is 3.81. The number of carbonyl (C=O) groups is 1. The third kappa shape index (κ3) is 2.64. The van der Waals surface area contributed by atoms with Gasteiger partial charge in [-0.05, 0) is 25.0 Å². The van der Waals surface area contributed by atoms with Crippen LogP contribution in [0.5, 0.6) is 0 Å². The van der Waals surface area contributed by atoms with Crippen LogP contribution in [0.25, 0.3) is 10.9 Å². The van der Waals surface area contributed by atoms with Gasteiger partial charge in [0.25, 0.3) is 5.56 Å². The topological polar surface area (TPSA) is 64.0 Å². The maximum atomic E-state index is 12.3. The van der Waals surface area contributed by atoms with Gasteiger partial charge in [-0.15, -0.1) is 0 Å². The lowest BCUT2D eigenvalue weighted by Crippen LogP contribution is -2.33. The molecule has 0 atom stereocenters. The summed E-state index contributed by atoms with van der Waals surface area (Å²) in [5.74, 6) is -0.191. The normalized spacial score (nSPS) is 14.5. The van der Waals surface area contributed by atoms with Crippen molar-refractivity contribution in [3.63, 3.8) is 0 Å². The first-order valence-corrected chi connectivity index (χ1v) is 6.94. The molecule has 1 aromatic heterocycles. The number of hydrogen-bond acceptors (Lipinski definition) is 3. The lowest BCUT2D eigenvalue weighted by molar-refractivity contribution is -0.121. The Bertz CT molecular complexity index is 753. The molecule has 1 aromatic carbocycles. The number of nitrogens with one attached hydrogen (secondary N) is 1. The molecule has 1 N–H and O–H groups in total. The van der Waals surface area contributed by atoms with E-state index in [1.807, 2.05) is 0 Å². The molecule has 2 aromatic rings. The SMILES string of the molecule is O=C(Cn1cnc2c(Cl)cc(Cl)cc2c1=O)NC1CC1. The van der Waals surface area contributed by atoms with Crippen LogP contribution in [0.15, 0.2) is 23.3 Å². The van der Waals surface area contributed by atoms with Gasteiger partial charge in [0.1, 0.15) is 6.54 Å². The van der Waals surface area contributed by atoms with Crippen LogP contribution in [0.3, 0.4) is 0 Å². The number of aromatic nitrogens is 2.